The van der Waals surface area contributed by atoms with E-state index in [1.165, 1.54) is 5.57 Å². The van der Waals surface area contributed by atoms with Gasteiger partial charge in [0, 0.05) is 5.56 Å². The van der Waals surface area contributed by atoms with Crippen molar-refractivity contribution in [1.29, 1.82) is 0 Å². The fraction of sp³-hybridized carbons (Fsp3) is 0.105. The van der Waals surface area contributed by atoms with E-state index < -0.39 is 0 Å². The number of aromatic nitrogens is 2. The lowest BCUT2D eigenvalue weighted by atomic mass is 10.1. The number of hydrogen-bond acceptors (Lipinski definition) is 2. The first kappa shape index (κ1) is 13.0. The van der Waals surface area contributed by atoms with Gasteiger partial charge in [0.25, 0.3) is 0 Å². The van der Waals surface area contributed by atoms with Crippen molar-refractivity contribution in [3.8, 4) is 11.3 Å². The Morgan fingerprint density at radius 1 is 1.00 bits per heavy atom. The maximum absolute atomic E-state index is 9.14. The molecule has 22 heavy (non-hydrogen) atoms. The van der Waals surface area contributed by atoms with Crippen LogP contribution in [-0.2, 0) is 6.61 Å². The van der Waals surface area contributed by atoms with Crippen LogP contribution in [0, 0.1) is 0 Å². The van der Waals surface area contributed by atoms with E-state index in [0.717, 1.165) is 34.5 Å². The number of rotatable bonds is 3. The number of nitrogens with zero attached hydrogens (tertiary/aromatic N) is 2. The predicted molar refractivity (Wildman–Crippen MR) is 88.3 cm³/mol. The molecular weight excluding hydrogens is 272 g/mol. The first-order valence-electron chi connectivity index (χ1n) is 7.40. The molecular formula is C19H16N2O. The van der Waals surface area contributed by atoms with Gasteiger partial charge in [-0.25, -0.2) is 4.52 Å². The molecule has 2 heterocycles. The van der Waals surface area contributed by atoms with E-state index in [1.807, 2.05) is 34.8 Å². The number of aliphatic hydroxyl groups is 1. The van der Waals surface area contributed by atoms with Gasteiger partial charge in [0.05, 0.1) is 23.5 Å². The molecule has 1 aromatic carbocycles. The van der Waals surface area contributed by atoms with Gasteiger partial charge in [-0.3, -0.25) is 0 Å². The van der Waals surface area contributed by atoms with Gasteiger partial charge in [-0.05, 0) is 41.8 Å². The van der Waals surface area contributed by atoms with Crippen molar-refractivity contribution in [3.05, 3.63) is 78.0 Å². The van der Waals surface area contributed by atoms with Crippen LogP contribution in [0.4, 0.5) is 0 Å². The molecule has 0 fully saturated rings. The topological polar surface area (TPSA) is 37.5 Å². The van der Waals surface area contributed by atoms with E-state index in [4.69, 9.17) is 10.2 Å². The molecule has 0 atom stereocenters. The summed E-state index contributed by atoms with van der Waals surface area (Å²) in [6.07, 6.45) is 7.35. The Hall–Kier alpha value is -2.65. The van der Waals surface area contributed by atoms with Crippen molar-refractivity contribution in [2.24, 2.45) is 0 Å². The zero-order valence-electron chi connectivity index (χ0n) is 12.1. The Bertz CT molecular complexity index is 885. The summed E-state index contributed by atoms with van der Waals surface area (Å²) >= 11 is 0. The highest BCUT2D eigenvalue weighted by Crippen LogP contribution is 2.26. The highest BCUT2D eigenvalue weighted by Gasteiger charge is 2.10. The monoisotopic (exact) mass is 288 g/mol. The number of hydrogen-bond donors (Lipinski definition) is 1. The average molecular weight is 288 g/mol. The normalized spacial score (nSPS) is 13.8. The van der Waals surface area contributed by atoms with E-state index in [-0.39, 0.29) is 6.61 Å². The second kappa shape index (κ2) is 5.28. The molecule has 1 aliphatic carbocycles. The minimum Gasteiger partial charge on any atom is -0.392 e. The van der Waals surface area contributed by atoms with Gasteiger partial charge in [-0.2, -0.15) is 5.10 Å². The predicted octanol–water partition coefficient (Wildman–Crippen LogP) is 3.84. The fourth-order valence-corrected chi connectivity index (χ4v) is 2.80. The Kier molecular flexibility index (Phi) is 3.13. The number of allylic oxidation sites excluding steroid dienone is 4. The van der Waals surface area contributed by atoms with Gasteiger partial charge in [-0.1, -0.05) is 42.5 Å². The SMILES string of the molecule is OCc1ccc(-c2ccc3ccc(C4=CC=CC4)n3n2)cc1. The van der Waals surface area contributed by atoms with Crippen LogP contribution >= 0.6 is 0 Å². The summed E-state index contributed by atoms with van der Waals surface area (Å²) in [5.74, 6) is 0. The van der Waals surface area contributed by atoms with Crippen LogP contribution in [0.3, 0.4) is 0 Å². The number of fused-ring (bicyclic) bond motifs is 1. The molecule has 3 aromatic rings. The minimum absolute atomic E-state index is 0.0651. The summed E-state index contributed by atoms with van der Waals surface area (Å²) in [6, 6.07) is 16.2. The third kappa shape index (κ3) is 2.16. The third-order valence-electron chi connectivity index (χ3n) is 4.04. The van der Waals surface area contributed by atoms with Crippen LogP contribution in [-0.4, -0.2) is 14.7 Å². The van der Waals surface area contributed by atoms with Crippen LogP contribution < -0.4 is 0 Å². The molecule has 0 saturated heterocycles. The lowest BCUT2D eigenvalue weighted by Crippen LogP contribution is -1.98. The van der Waals surface area contributed by atoms with Gasteiger partial charge < -0.3 is 5.11 Å². The van der Waals surface area contributed by atoms with Gasteiger partial charge in [-0.15, -0.1) is 0 Å². The van der Waals surface area contributed by atoms with Crippen LogP contribution in [0.15, 0.2) is 66.8 Å². The summed E-state index contributed by atoms with van der Waals surface area (Å²) in [5, 5.41) is 13.9. The van der Waals surface area contributed by atoms with E-state index in [0.29, 0.717) is 0 Å². The lowest BCUT2D eigenvalue weighted by Gasteiger charge is -2.07. The number of aliphatic hydroxyl groups excluding tert-OH is 1. The summed E-state index contributed by atoms with van der Waals surface area (Å²) in [6.45, 7) is 0.0651. The van der Waals surface area contributed by atoms with Gasteiger partial charge >= 0.3 is 0 Å². The highest BCUT2D eigenvalue weighted by molar-refractivity contribution is 5.72. The van der Waals surface area contributed by atoms with Gasteiger partial charge in [0.2, 0.25) is 0 Å². The van der Waals surface area contributed by atoms with Crippen molar-refractivity contribution in [1.82, 2.24) is 9.61 Å². The molecule has 108 valence electrons. The molecule has 0 amide bonds. The van der Waals surface area contributed by atoms with Crippen molar-refractivity contribution in [2.75, 3.05) is 0 Å². The quantitative estimate of drug-likeness (QED) is 0.795. The molecule has 0 radical (unpaired) electrons. The second-order valence-corrected chi connectivity index (χ2v) is 5.45. The maximum Gasteiger partial charge on any atom is 0.0913 e. The van der Waals surface area contributed by atoms with E-state index in [1.54, 1.807) is 0 Å². The summed E-state index contributed by atoms with van der Waals surface area (Å²) in [4.78, 5) is 0. The van der Waals surface area contributed by atoms with Gasteiger partial charge in [0.15, 0.2) is 0 Å². The zero-order valence-corrected chi connectivity index (χ0v) is 12.1. The Labute approximate surface area is 128 Å². The van der Waals surface area contributed by atoms with Crippen molar-refractivity contribution in [3.63, 3.8) is 0 Å². The first-order valence-corrected chi connectivity index (χ1v) is 7.40. The molecule has 0 aliphatic heterocycles. The van der Waals surface area contributed by atoms with Crippen LogP contribution in [0.25, 0.3) is 22.3 Å². The van der Waals surface area contributed by atoms with Crippen LogP contribution in [0.1, 0.15) is 17.7 Å². The summed E-state index contributed by atoms with van der Waals surface area (Å²) in [5.41, 5.74) is 6.43. The minimum atomic E-state index is 0.0651. The van der Waals surface area contributed by atoms with E-state index in [9.17, 15) is 0 Å². The molecule has 1 aliphatic rings. The van der Waals surface area contributed by atoms with Crippen molar-refractivity contribution < 1.29 is 5.11 Å². The molecule has 1 N–H and O–H groups in total. The maximum atomic E-state index is 9.14. The highest BCUT2D eigenvalue weighted by atomic mass is 16.3. The van der Waals surface area contributed by atoms with E-state index >= 15 is 0 Å². The van der Waals surface area contributed by atoms with E-state index in [2.05, 4.69) is 36.4 Å². The molecule has 0 bridgehead atoms. The average Bonchev–Trinajstić information content (AvgIpc) is 3.23. The van der Waals surface area contributed by atoms with Crippen molar-refractivity contribution in [2.45, 2.75) is 13.0 Å². The van der Waals surface area contributed by atoms with Crippen LogP contribution in [0.2, 0.25) is 0 Å². The Morgan fingerprint density at radius 3 is 2.55 bits per heavy atom. The second-order valence-electron chi connectivity index (χ2n) is 5.45. The fourth-order valence-electron chi connectivity index (χ4n) is 2.80. The van der Waals surface area contributed by atoms with Crippen molar-refractivity contribution >= 4 is 11.1 Å². The summed E-state index contributed by atoms with van der Waals surface area (Å²) < 4.78 is 2.01. The smallest absolute Gasteiger partial charge is 0.0913 e. The third-order valence-corrected chi connectivity index (χ3v) is 4.04. The molecule has 2 aromatic heterocycles. The van der Waals surface area contributed by atoms with Gasteiger partial charge in [0.1, 0.15) is 0 Å². The molecule has 3 nitrogen and oxygen atoms in total. The molecule has 3 heteroatoms. The largest absolute Gasteiger partial charge is 0.392 e. The lowest BCUT2D eigenvalue weighted by molar-refractivity contribution is 0.282. The summed E-state index contributed by atoms with van der Waals surface area (Å²) in [7, 11) is 0. The molecule has 4 rings (SSSR count). The molecule has 0 spiro atoms. The molecule has 0 saturated carbocycles. The zero-order chi connectivity index (χ0) is 14.9. The Morgan fingerprint density at radius 2 is 1.82 bits per heavy atom. The number of benzene rings is 1. The standard InChI is InChI=1S/C19H16N2O/c22-13-14-5-7-15(8-6-14)18-11-9-17-10-12-19(21(17)20-18)16-3-1-2-4-16/h1-3,5-12,22H,4,13H2. The first-order chi connectivity index (χ1) is 10.8. The molecule has 0 unspecified atom stereocenters. The van der Waals surface area contributed by atoms with Crippen LogP contribution in [0.5, 0.6) is 0 Å². The Balaban J connectivity index is 1.80.